The lowest BCUT2D eigenvalue weighted by atomic mass is 9.76. The molecule has 2 fully saturated rings. The predicted octanol–water partition coefficient (Wildman–Crippen LogP) is 3.29. The Balaban J connectivity index is 0.00000132. The summed E-state index contributed by atoms with van der Waals surface area (Å²) < 4.78 is 11.0. The van der Waals surface area contributed by atoms with E-state index in [1.54, 1.807) is 14.2 Å². The second-order valence-corrected chi connectivity index (χ2v) is 6.03. The Kier molecular flexibility index (Phi) is 8.48. The van der Waals surface area contributed by atoms with Gasteiger partial charge < -0.3 is 14.8 Å². The molecule has 1 saturated carbocycles. The highest BCUT2D eigenvalue weighted by atomic mass is 35.5. The highest BCUT2D eigenvalue weighted by Gasteiger charge is 2.35. The first-order valence-corrected chi connectivity index (χ1v) is 8.00. The van der Waals surface area contributed by atoms with Gasteiger partial charge in [0.15, 0.2) is 0 Å². The fourth-order valence-electron chi connectivity index (χ4n) is 3.53. The molecule has 2 aliphatic rings. The normalized spacial score (nSPS) is 19.7. The molecule has 1 aromatic carbocycles. The molecule has 132 valence electrons. The van der Waals surface area contributed by atoms with Crippen molar-refractivity contribution in [1.82, 2.24) is 10.2 Å². The van der Waals surface area contributed by atoms with E-state index >= 15 is 0 Å². The van der Waals surface area contributed by atoms with Crippen LogP contribution in [-0.2, 0) is 0 Å². The first-order chi connectivity index (χ1) is 10.3. The molecule has 0 spiro atoms. The SMILES string of the molecule is COc1ccc([C@@H](C2CCC2)N2CCNCC2)c(OC)c1.Cl.Cl. The number of nitrogens with one attached hydrogen (secondary N) is 1. The summed E-state index contributed by atoms with van der Waals surface area (Å²) in [5.41, 5.74) is 1.32. The van der Waals surface area contributed by atoms with Gasteiger partial charge in [-0.3, -0.25) is 4.90 Å². The van der Waals surface area contributed by atoms with E-state index in [-0.39, 0.29) is 24.8 Å². The van der Waals surface area contributed by atoms with Gasteiger partial charge in [0.2, 0.25) is 0 Å². The van der Waals surface area contributed by atoms with Crippen LogP contribution in [-0.4, -0.2) is 45.3 Å². The van der Waals surface area contributed by atoms with Crippen LogP contribution in [0.25, 0.3) is 0 Å². The number of hydrogen-bond donors (Lipinski definition) is 1. The summed E-state index contributed by atoms with van der Waals surface area (Å²) in [5, 5.41) is 3.45. The number of nitrogens with zero attached hydrogens (tertiary/aromatic N) is 1. The van der Waals surface area contributed by atoms with E-state index in [2.05, 4.69) is 22.3 Å². The molecule has 1 saturated heterocycles. The summed E-state index contributed by atoms with van der Waals surface area (Å²) in [6.07, 6.45) is 4.04. The molecule has 1 aliphatic carbocycles. The van der Waals surface area contributed by atoms with Crippen LogP contribution in [0.15, 0.2) is 18.2 Å². The molecule has 0 amide bonds. The van der Waals surface area contributed by atoms with E-state index in [4.69, 9.17) is 9.47 Å². The Morgan fingerprint density at radius 3 is 2.30 bits per heavy atom. The summed E-state index contributed by atoms with van der Waals surface area (Å²) >= 11 is 0. The number of halogens is 2. The molecule has 1 aliphatic heterocycles. The first kappa shape index (κ1) is 20.4. The van der Waals surface area contributed by atoms with Crippen LogP contribution in [0, 0.1) is 5.92 Å². The lowest BCUT2D eigenvalue weighted by Crippen LogP contribution is -2.47. The molecular formula is C17H28Cl2N2O2. The lowest BCUT2D eigenvalue weighted by molar-refractivity contribution is 0.0818. The van der Waals surface area contributed by atoms with Gasteiger partial charge in [0.1, 0.15) is 11.5 Å². The summed E-state index contributed by atoms with van der Waals surface area (Å²) in [6, 6.07) is 6.76. The number of hydrogen-bond acceptors (Lipinski definition) is 4. The fraction of sp³-hybridized carbons (Fsp3) is 0.647. The Bertz CT molecular complexity index is 478. The van der Waals surface area contributed by atoms with Crippen LogP contribution in [0.1, 0.15) is 30.9 Å². The molecule has 1 N–H and O–H groups in total. The van der Waals surface area contributed by atoms with Gasteiger partial charge in [0.25, 0.3) is 0 Å². The van der Waals surface area contributed by atoms with Crippen molar-refractivity contribution < 1.29 is 9.47 Å². The van der Waals surface area contributed by atoms with Gasteiger partial charge in [-0.25, -0.2) is 0 Å². The lowest BCUT2D eigenvalue weighted by Gasteiger charge is -2.43. The van der Waals surface area contributed by atoms with Crippen molar-refractivity contribution in [3.05, 3.63) is 23.8 Å². The zero-order valence-electron chi connectivity index (χ0n) is 13.9. The zero-order valence-corrected chi connectivity index (χ0v) is 15.5. The molecular weight excluding hydrogens is 335 g/mol. The zero-order chi connectivity index (χ0) is 14.7. The minimum atomic E-state index is 0. The monoisotopic (exact) mass is 362 g/mol. The van der Waals surface area contributed by atoms with Crippen LogP contribution in [0.4, 0.5) is 0 Å². The fourth-order valence-corrected chi connectivity index (χ4v) is 3.53. The van der Waals surface area contributed by atoms with Gasteiger partial charge >= 0.3 is 0 Å². The molecule has 0 radical (unpaired) electrons. The highest BCUT2D eigenvalue weighted by Crippen LogP contribution is 2.44. The van der Waals surface area contributed by atoms with Gasteiger partial charge in [0, 0.05) is 43.9 Å². The summed E-state index contributed by atoms with van der Waals surface area (Å²) in [7, 11) is 3.46. The van der Waals surface area contributed by atoms with E-state index in [0.29, 0.717) is 6.04 Å². The van der Waals surface area contributed by atoms with Crippen LogP contribution in [0.2, 0.25) is 0 Å². The van der Waals surface area contributed by atoms with Crippen LogP contribution >= 0.6 is 24.8 Å². The number of ether oxygens (including phenoxy) is 2. The number of piperazine rings is 1. The molecule has 3 rings (SSSR count). The van der Waals surface area contributed by atoms with Crippen molar-refractivity contribution in [1.29, 1.82) is 0 Å². The smallest absolute Gasteiger partial charge is 0.127 e. The van der Waals surface area contributed by atoms with Gasteiger partial charge in [0.05, 0.1) is 14.2 Å². The van der Waals surface area contributed by atoms with Crippen LogP contribution in [0.5, 0.6) is 11.5 Å². The van der Waals surface area contributed by atoms with Crippen molar-refractivity contribution in [3.63, 3.8) is 0 Å². The van der Waals surface area contributed by atoms with Gasteiger partial charge in [-0.1, -0.05) is 12.5 Å². The van der Waals surface area contributed by atoms with Gasteiger partial charge in [-0.15, -0.1) is 24.8 Å². The molecule has 0 aromatic heterocycles. The van der Waals surface area contributed by atoms with Crippen molar-refractivity contribution in [2.24, 2.45) is 5.92 Å². The molecule has 1 atom stereocenters. The molecule has 23 heavy (non-hydrogen) atoms. The maximum absolute atomic E-state index is 5.66. The van der Waals surface area contributed by atoms with Crippen LogP contribution < -0.4 is 14.8 Å². The number of rotatable bonds is 5. The largest absolute Gasteiger partial charge is 0.497 e. The van der Waals surface area contributed by atoms with E-state index in [9.17, 15) is 0 Å². The first-order valence-electron chi connectivity index (χ1n) is 8.00. The molecule has 1 aromatic rings. The summed E-state index contributed by atoms with van der Waals surface area (Å²) in [5.74, 6) is 2.60. The maximum atomic E-state index is 5.66. The number of methoxy groups -OCH3 is 2. The van der Waals surface area contributed by atoms with Crippen molar-refractivity contribution >= 4 is 24.8 Å². The predicted molar refractivity (Wildman–Crippen MR) is 98.6 cm³/mol. The van der Waals surface area contributed by atoms with E-state index in [0.717, 1.165) is 43.6 Å². The average molecular weight is 363 g/mol. The quantitative estimate of drug-likeness (QED) is 0.871. The van der Waals surface area contributed by atoms with E-state index in [1.165, 1.54) is 24.8 Å². The third-order valence-corrected chi connectivity index (χ3v) is 4.90. The molecule has 0 bridgehead atoms. The molecule has 0 unspecified atom stereocenters. The Labute approximate surface area is 151 Å². The third-order valence-electron chi connectivity index (χ3n) is 4.90. The Morgan fingerprint density at radius 2 is 1.78 bits per heavy atom. The maximum Gasteiger partial charge on any atom is 0.127 e. The standard InChI is InChI=1S/C17H26N2O2.2ClH/c1-20-14-6-7-15(16(12-14)21-2)17(13-4-3-5-13)19-10-8-18-9-11-19;;/h6-7,12-13,17-18H,3-5,8-11H2,1-2H3;2*1H/t17-;;/m1../s1. The van der Waals surface area contributed by atoms with Crippen molar-refractivity contribution in [3.8, 4) is 11.5 Å². The van der Waals surface area contributed by atoms with Crippen LogP contribution in [0.3, 0.4) is 0 Å². The summed E-state index contributed by atoms with van der Waals surface area (Å²) in [4.78, 5) is 2.63. The average Bonchev–Trinajstić information content (AvgIpc) is 2.51. The molecule has 6 heteroatoms. The van der Waals surface area contributed by atoms with Crippen molar-refractivity contribution in [2.75, 3.05) is 40.4 Å². The van der Waals surface area contributed by atoms with Crippen molar-refractivity contribution in [2.45, 2.75) is 25.3 Å². The number of benzene rings is 1. The third kappa shape index (κ3) is 4.44. The Morgan fingerprint density at radius 1 is 1.09 bits per heavy atom. The topological polar surface area (TPSA) is 33.7 Å². The molecule has 4 nitrogen and oxygen atoms in total. The minimum absolute atomic E-state index is 0. The second-order valence-electron chi connectivity index (χ2n) is 6.03. The Hall–Kier alpha value is -0.680. The van der Waals surface area contributed by atoms with E-state index in [1.807, 2.05) is 6.07 Å². The molecule has 1 heterocycles. The van der Waals surface area contributed by atoms with Gasteiger partial charge in [-0.2, -0.15) is 0 Å². The highest BCUT2D eigenvalue weighted by molar-refractivity contribution is 5.85. The summed E-state index contributed by atoms with van der Waals surface area (Å²) in [6.45, 7) is 4.41. The van der Waals surface area contributed by atoms with Gasteiger partial charge in [-0.05, 0) is 24.8 Å². The van der Waals surface area contributed by atoms with E-state index < -0.39 is 0 Å². The second kappa shape index (κ2) is 9.58. The minimum Gasteiger partial charge on any atom is -0.497 e.